The van der Waals surface area contributed by atoms with Gasteiger partial charge in [0.25, 0.3) is 0 Å². The molecule has 0 amide bonds. The second-order valence-corrected chi connectivity index (χ2v) is 3.59. The molecule has 0 spiro atoms. The maximum absolute atomic E-state index is 13.6. The lowest BCUT2D eigenvalue weighted by atomic mass is 10.1. The summed E-state index contributed by atoms with van der Waals surface area (Å²) < 4.78 is 18.6. The number of nitrogens with zero attached hydrogens (tertiary/aromatic N) is 1. The Balaban J connectivity index is 2.60. The van der Waals surface area contributed by atoms with E-state index in [1.165, 1.54) is 0 Å². The quantitative estimate of drug-likeness (QED) is 0.863. The number of rotatable bonds is 2. The van der Waals surface area contributed by atoms with Crippen LogP contribution in [-0.2, 0) is 0 Å². The van der Waals surface area contributed by atoms with Crippen LogP contribution in [0.5, 0.6) is 5.75 Å². The molecule has 0 unspecified atom stereocenters. The van der Waals surface area contributed by atoms with Gasteiger partial charge in [-0.05, 0) is 30.7 Å². The monoisotopic (exact) mass is 234 g/mol. The number of aromatic nitrogens is 2. The van der Waals surface area contributed by atoms with E-state index in [1.54, 1.807) is 25.3 Å². The third-order valence-corrected chi connectivity index (χ3v) is 2.47. The van der Waals surface area contributed by atoms with Gasteiger partial charge in [0.1, 0.15) is 5.75 Å². The summed E-state index contributed by atoms with van der Waals surface area (Å²) in [6.45, 7) is 1.82. The van der Waals surface area contributed by atoms with E-state index in [1.807, 2.05) is 6.92 Å². The zero-order valence-electron chi connectivity index (χ0n) is 9.45. The minimum Gasteiger partial charge on any atom is -0.497 e. The number of nitrogens with one attached hydrogen (secondary N) is 1. The Hall–Kier alpha value is -2.17. The first-order chi connectivity index (χ1) is 8.11. The fourth-order valence-electron chi connectivity index (χ4n) is 1.62. The fourth-order valence-corrected chi connectivity index (χ4v) is 1.62. The molecule has 5 heteroatoms. The molecular formula is C12H11FN2O2. The molecular weight excluding hydrogens is 223 g/mol. The first kappa shape index (κ1) is 11.3. The van der Waals surface area contributed by atoms with Crippen molar-refractivity contribution in [2.24, 2.45) is 0 Å². The molecule has 0 aliphatic rings. The SMILES string of the molecule is COc1ccc(-c2[nH]c(=O)ncc2F)c(C)c1. The number of halogens is 1. The molecule has 1 N–H and O–H groups in total. The molecule has 1 aromatic carbocycles. The molecule has 2 rings (SSSR count). The predicted octanol–water partition coefficient (Wildman–Crippen LogP) is 1.89. The number of methoxy groups -OCH3 is 1. The summed E-state index contributed by atoms with van der Waals surface area (Å²) in [4.78, 5) is 16.8. The minimum atomic E-state index is -0.573. The van der Waals surface area contributed by atoms with Crippen LogP contribution in [0.2, 0.25) is 0 Å². The zero-order valence-corrected chi connectivity index (χ0v) is 9.45. The highest BCUT2D eigenvalue weighted by molar-refractivity contribution is 5.64. The number of aryl methyl sites for hydroxylation is 1. The molecule has 0 fully saturated rings. The summed E-state index contributed by atoms with van der Waals surface area (Å²) >= 11 is 0. The van der Waals surface area contributed by atoms with Crippen LogP contribution >= 0.6 is 0 Å². The number of aromatic amines is 1. The molecule has 0 radical (unpaired) electrons. The molecule has 4 nitrogen and oxygen atoms in total. The van der Waals surface area contributed by atoms with E-state index in [0.29, 0.717) is 11.3 Å². The Morgan fingerprint density at radius 1 is 1.41 bits per heavy atom. The number of H-pyrrole nitrogens is 1. The van der Waals surface area contributed by atoms with Crippen LogP contribution in [0, 0.1) is 12.7 Å². The predicted molar refractivity (Wildman–Crippen MR) is 61.5 cm³/mol. The standard InChI is InChI=1S/C12H11FN2O2/c1-7-5-8(17-2)3-4-9(7)11-10(13)6-14-12(16)15-11/h3-6H,1-2H3,(H,14,15,16). The van der Waals surface area contributed by atoms with E-state index < -0.39 is 11.5 Å². The van der Waals surface area contributed by atoms with Gasteiger partial charge in [-0.2, -0.15) is 4.98 Å². The highest BCUT2D eigenvalue weighted by Gasteiger charge is 2.10. The minimum absolute atomic E-state index is 0.144. The van der Waals surface area contributed by atoms with Gasteiger partial charge in [-0.3, -0.25) is 0 Å². The first-order valence-corrected chi connectivity index (χ1v) is 5.01. The molecule has 2 aromatic rings. The number of hydrogen-bond acceptors (Lipinski definition) is 3. The van der Waals surface area contributed by atoms with Gasteiger partial charge in [-0.25, -0.2) is 9.18 Å². The van der Waals surface area contributed by atoms with E-state index in [4.69, 9.17) is 4.74 Å². The Morgan fingerprint density at radius 2 is 2.18 bits per heavy atom. The maximum Gasteiger partial charge on any atom is 0.345 e. The summed E-state index contributed by atoms with van der Waals surface area (Å²) in [6.07, 6.45) is 0.915. The van der Waals surface area contributed by atoms with Gasteiger partial charge in [-0.1, -0.05) is 0 Å². The smallest absolute Gasteiger partial charge is 0.345 e. The second kappa shape index (κ2) is 4.37. The maximum atomic E-state index is 13.6. The van der Waals surface area contributed by atoms with Gasteiger partial charge in [0.2, 0.25) is 0 Å². The van der Waals surface area contributed by atoms with Crippen LogP contribution in [0.1, 0.15) is 5.56 Å². The molecule has 0 saturated heterocycles. The van der Waals surface area contributed by atoms with Crippen molar-refractivity contribution in [2.45, 2.75) is 6.92 Å². The van der Waals surface area contributed by atoms with Crippen LogP contribution in [-0.4, -0.2) is 17.1 Å². The summed E-state index contributed by atoms with van der Waals surface area (Å²) in [7, 11) is 1.56. The summed E-state index contributed by atoms with van der Waals surface area (Å²) in [5.41, 5.74) is 0.995. The largest absolute Gasteiger partial charge is 0.497 e. The van der Waals surface area contributed by atoms with Crippen LogP contribution in [0.4, 0.5) is 4.39 Å². The number of ether oxygens (including phenoxy) is 1. The molecule has 0 aliphatic heterocycles. The van der Waals surface area contributed by atoms with Gasteiger partial charge < -0.3 is 9.72 Å². The topological polar surface area (TPSA) is 55.0 Å². The van der Waals surface area contributed by atoms with Crippen molar-refractivity contribution in [3.05, 3.63) is 46.3 Å². The molecule has 0 aliphatic carbocycles. The Bertz CT molecular complexity index is 608. The van der Waals surface area contributed by atoms with E-state index in [9.17, 15) is 9.18 Å². The molecule has 1 aromatic heterocycles. The van der Waals surface area contributed by atoms with Gasteiger partial charge >= 0.3 is 5.69 Å². The normalized spacial score (nSPS) is 10.3. The lowest BCUT2D eigenvalue weighted by Gasteiger charge is -2.08. The molecule has 88 valence electrons. The van der Waals surface area contributed by atoms with Crippen molar-refractivity contribution >= 4 is 0 Å². The molecule has 0 bridgehead atoms. The van der Waals surface area contributed by atoms with E-state index >= 15 is 0 Å². The average molecular weight is 234 g/mol. The number of benzene rings is 1. The molecule has 17 heavy (non-hydrogen) atoms. The van der Waals surface area contributed by atoms with Crippen molar-refractivity contribution in [2.75, 3.05) is 7.11 Å². The zero-order chi connectivity index (χ0) is 12.4. The van der Waals surface area contributed by atoms with Crippen molar-refractivity contribution in [3.63, 3.8) is 0 Å². The third kappa shape index (κ3) is 2.18. The highest BCUT2D eigenvalue weighted by atomic mass is 19.1. The van der Waals surface area contributed by atoms with Gasteiger partial charge in [0.05, 0.1) is 19.0 Å². The van der Waals surface area contributed by atoms with Crippen LogP contribution in [0.25, 0.3) is 11.3 Å². The van der Waals surface area contributed by atoms with E-state index in [0.717, 1.165) is 11.8 Å². The van der Waals surface area contributed by atoms with E-state index in [2.05, 4.69) is 9.97 Å². The van der Waals surface area contributed by atoms with Crippen LogP contribution in [0.15, 0.2) is 29.2 Å². The third-order valence-electron chi connectivity index (χ3n) is 2.47. The fraction of sp³-hybridized carbons (Fsp3) is 0.167. The van der Waals surface area contributed by atoms with E-state index in [-0.39, 0.29) is 5.69 Å². The summed E-state index contributed by atoms with van der Waals surface area (Å²) in [6, 6.07) is 5.18. The summed E-state index contributed by atoms with van der Waals surface area (Å²) in [5, 5.41) is 0. The van der Waals surface area contributed by atoms with Gasteiger partial charge in [-0.15, -0.1) is 0 Å². The molecule has 1 heterocycles. The highest BCUT2D eigenvalue weighted by Crippen LogP contribution is 2.26. The van der Waals surface area contributed by atoms with Gasteiger partial charge in [0, 0.05) is 5.56 Å². The van der Waals surface area contributed by atoms with Crippen molar-refractivity contribution in [3.8, 4) is 17.0 Å². The van der Waals surface area contributed by atoms with Crippen molar-refractivity contribution < 1.29 is 9.13 Å². The molecule has 0 saturated carbocycles. The second-order valence-electron chi connectivity index (χ2n) is 3.59. The Labute approximate surface area is 97.1 Å². The average Bonchev–Trinajstić information content (AvgIpc) is 2.32. The Kier molecular flexibility index (Phi) is 2.91. The van der Waals surface area contributed by atoms with Crippen molar-refractivity contribution in [1.82, 2.24) is 9.97 Å². The number of hydrogen-bond donors (Lipinski definition) is 1. The van der Waals surface area contributed by atoms with Crippen LogP contribution < -0.4 is 10.4 Å². The lowest BCUT2D eigenvalue weighted by Crippen LogP contribution is -2.12. The van der Waals surface area contributed by atoms with Crippen LogP contribution in [0.3, 0.4) is 0 Å². The Morgan fingerprint density at radius 3 is 2.82 bits per heavy atom. The van der Waals surface area contributed by atoms with Crippen molar-refractivity contribution in [1.29, 1.82) is 0 Å². The molecule has 0 atom stereocenters. The van der Waals surface area contributed by atoms with Gasteiger partial charge in [0.15, 0.2) is 5.82 Å². The summed E-state index contributed by atoms with van der Waals surface area (Å²) in [5.74, 6) is 0.126. The lowest BCUT2D eigenvalue weighted by molar-refractivity contribution is 0.414. The first-order valence-electron chi connectivity index (χ1n) is 5.01.